The highest BCUT2D eigenvalue weighted by atomic mass is 32.2. The first-order valence-electron chi connectivity index (χ1n) is 6.25. The van der Waals surface area contributed by atoms with Crippen LogP contribution in [0.25, 0.3) is 11.3 Å². The Morgan fingerprint density at radius 2 is 1.90 bits per heavy atom. The number of nitrogens with zero attached hydrogens (tertiary/aromatic N) is 2. The van der Waals surface area contributed by atoms with Gasteiger partial charge in [-0.15, -0.1) is 0 Å². The van der Waals surface area contributed by atoms with Crippen molar-refractivity contribution in [3.05, 3.63) is 30.0 Å². The molecule has 0 fully saturated rings. The van der Waals surface area contributed by atoms with Gasteiger partial charge in [0, 0.05) is 11.8 Å². The van der Waals surface area contributed by atoms with E-state index >= 15 is 0 Å². The Morgan fingerprint density at radius 1 is 1.19 bits per heavy atom. The molecule has 0 aliphatic rings. The number of carbonyl (C=O) groups is 1. The summed E-state index contributed by atoms with van der Waals surface area (Å²) in [7, 11) is 3.15. The number of aromatic nitrogens is 2. The lowest BCUT2D eigenvalue weighted by atomic mass is 10.0. The maximum atomic E-state index is 11.8. The lowest BCUT2D eigenvalue weighted by Gasteiger charge is -2.11. The van der Waals surface area contributed by atoms with Crippen LogP contribution in [0.1, 0.15) is 17.3 Å². The van der Waals surface area contributed by atoms with Crippen LogP contribution in [0.4, 0.5) is 0 Å². The van der Waals surface area contributed by atoms with Gasteiger partial charge in [0.15, 0.2) is 22.4 Å². The summed E-state index contributed by atoms with van der Waals surface area (Å²) >= 11 is 1.43. The van der Waals surface area contributed by atoms with Crippen LogP contribution in [0.5, 0.6) is 11.5 Å². The minimum atomic E-state index is -0.0764. The molecule has 2 aromatic rings. The zero-order valence-corrected chi connectivity index (χ0v) is 13.2. The van der Waals surface area contributed by atoms with Crippen LogP contribution in [0.3, 0.4) is 0 Å². The molecule has 1 aromatic heterocycles. The summed E-state index contributed by atoms with van der Waals surface area (Å²) in [6, 6.07) is 5.44. The molecule has 5 nitrogen and oxygen atoms in total. The van der Waals surface area contributed by atoms with Crippen molar-refractivity contribution in [2.45, 2.75) is 12.1 Å². The Balaban J connectivity index is 2.62. The maximum Gasteiger partial charge on any atom is 0.187 e. The molecule has 0 saturated heterocycles. The van der Waals surface area contributed by atoms with E-state index in [2.05, 4.69) is 9.97 Å². The molecule has 6 heteroatoms. The van der Waals surface area contributed by atoms with Crippen LogP contribution in [0.2, 0.25) is 0 Å². The molecule has 0 N–H and O–H groups in total. The molecule has 110 valence electrons. The summed E-state index contributed by atoms with van der Waals surface area (Å²) < 4.78 is 10.5. The van der Waals surface area contributed by atoms with Gasteiger partial charge in [-0.3, -0.25) is 4.79 Å². The van der Waals surface area contributed by atoms with Gasteiger partial charge in [0.25, 0.3) is 0 Å². The monoisotopic (exact) mass is 304 g/mol. The van der Waals surface area contributed by atoms with Crippen molar-refractivity contribution in [1.82, 2.24) is 9.97 Å². The van der Waals surface area contributed by atoms with E-state index in [1.54, 1.807) is 32.5 Å². The van der Waals surface area contributed by atoms with Crippen molar-refractivity contribution in [2.24, 2.45) is 0 Å². The Morgan fingerprint density at radius 3 is 2.48 bits per heavy atom. The van der Waals surface area contributed by atoms with Gasteiger partial charge in [0.05, 0.1) is 25.5 Å². The molecule has 21 heavy (non-hydrogen) atoms. The zero-order chi connectivity index (χ0) is 15.4. The fourth-order valence-electron chi connectivity index (χ4n) is 1.93. The predicted molar refractivity (Wildman–Crippen MR) is 82.4 cm³/mol. The molecular weight excluding hydrogens is 288 g/mol. The van der Waals surface area contributed by atoms with Crippen LogP contribution < -0.4 is 9.47 Å². The first-order chi connectivity index (χ1) is 10.1. The van der Waals surface area contributed by atoms with E-state index in [0.717, 1.165) is 5.56 Å². The van der Waals surface area contributed by atoms with Gasteiger partial charge in [0.1, 0.15) is 0 Å². The van der Waals surface area contributed by atoms with Crippen LogP contribution >= 0.6 is 11.8 Å². The fraction of sp³-hybridized carbons (Fsp3) is 0.267. The highest BCUT2D eigenvalue weighted by molar-refractivity contribution is 7.98. The van der Waals surface area contributed by atoms with E-state index in [4.69, 9.17) is 9.47 Å². The lowest BCUT2D eigenvalue weighted by Crippen LogP contribution is -2.02. The van der Waals surface area contributed by atoms with Crippen LogP contribution in [0, 0.1) is 0 Å². The van der Waals surface area contributed by atoms with Crippen molar-refractivity contribution in [2.75, 3.05) is 20.5 Å². The third-order valence-electron chi connectivity index (χ3n) is 2.99. The molecule has 0 bridgehead atoms. The third-order valence-corrected chi connectivity index (χ3v) is 3.55. The number of benzene rings is 1. The minimum absolute atomic E-state index is 0.0764. The normalized spacial score (nSPS) is 10.3. The number of ether oxygens (including phenoxy) is 2. The van der Waals surface area contributed by atoms with Gasteiger partial charge < -0.3 is 9.47 Å². The molecule has 0 aliphatic heterocycles. The van der Waals surface area contributed by atoms with E-state index in [0.29, 0.717) is 27.9 Å². The zero-order valence-electron chi connectivity index (χ0n) is 12.3. The van der Waals surface area contributed by atoms with Crippen LogP contribution in [-0.4, -0.2) is 36.2 Å². The number of ketones is 1. The largest absolute Gasteiger partial charge is 0.493 e. The molecular formula is C15H16N2O3S. The van der Waals surface area contributed by atoms with Gasteiger partial charge in [-0.1, -0.05) is 11.8 Å². The molecule has 2 rings (SSSR count). The van der Waals surface area contributed by atoms with E-state index in [1.807, 2.05) is 12.3 Å². The molecule has 0 radical (unpaired) electrons. The van der Waals surface area contributed by atoms with Gasteiger partial charge in [0.2, 0.25) is 0 Å². The minimum Gasteiger partial charge on any atom is -0.493 e. The topological polar surface area (TPSA) is 61.3 Å². The predicted octanol–water partition coefficient (Wildman–Crippen LogP) is 3.09. The van der Waals surface area contributed by atoms with Gasteiger partial charge in [-0.05, 0) is 31.4 Å². The standard InChI is InChI=1S/C15H16N2O3S/c1-9(18)11-8-16-15(21-4)17-14(11)10-5-6-12(19-2)13(7-10)20-3/h5-8H,1-4H3. The summed E-state index contributed by atoms with van der Waals surface area (Å²) in [5.41, 5.74) is 1.87. The average Bonchev–Trinajstić information content (AvgIpc) is 2.53. The first-order valence-corrected chi connectivity index (χ1v) is 7.47. The molecule has 1 heterocycles. The smallest absolute Gasteiger partial charge is 0.187 e. The van der Waals surface area contributed by atoms with E-state index < -0.39 is 0 Å². The molecule has 0 saturated carbocycles. The number of hydrogen-bond donors (Lipinski definition) is 0. The van der Waals surface area contributed by atoms with E-state index in [-0.39, 0.29) is 5.78 Å². The summed E-state index contributed by atoms with van der Waals surface area (Å²) in [6.07, 6.45) is 3.45. The lowest BCUT2D eigenvalue weighted by molar-refractivity contribution is 0.101. The molecule has 0 atom stereocenters. The second-order valence-electron chi connectivity index (χ2n) is 4.24. The van der Waals surface area contributed by atoms with Crippen LogP contribution in [-0.2, 0) is 0 Å². The van der Waals surface area contributed by atoms with Crippen molar-refractivity contribution in [3.8, 4) is 22.8 Å². The summed E-state index contributed by atoms with van der Waals surface area (Å²) in [5, 5.41) is 0.616. The quantitative estimate of drug-likeness (QED) is 0.480. The summed E-state index contributed by atoms with van der Waals surface area (Å²) in [5.74, 6) is 1.14. The van der Waals surface area contributed by atoms with Crippen molar-refractivity contribution in [1.29, 1.82) is 0 Å². The summed E-state index contributed by atoms with van der Waals surface area (Å²) in [4.78, 5) is 20.4. The van der Waals surface area contributed by atoms with Crippen molar-refractivity contribution < 1.29 is 14.3 Å². The maximum absolute atomic E-state index is 11.8. The van der Waals surface area contributed by atoms with Crippen molar-refractivity contribution >= 4 is 17.5 Å². The van der Waals surface area contributed by atoms with E-state index in [1.165, 1.54) is 18.7 Å². The highest BCUT2D eigenvalue weighted by Crippen LogP contribution is 2.33. The third kappa shape index (κ3) is 3.16. The number of hydrogen-bond acceptors (Lipinski definition) is 6. The van der Waals surface area contributed by atoms with Crippen molar-refractivity contribution in [3.63, 3.8) is 0 Å². The molecule has 0 spiro atoms. The molecule has 1 aromatic carbocycles. The number of methoxy groups -OCH3 is 2. The highest BCUT2D eigenvalue weighted by Gasteiger charge is 2.15. The second-order valence-corrected chi connectivity index (χ2v) is 5.02. The Hall–Kier alpha value is -2.08. The molecule has 0 amide bonds. The van der Waals surface area contributed by atoms with Crippen LogP contribution in [0.15, 0.2) is 29.6 Å². The Bertz CT molecular complexity index is 674. The number of carbonyl (C=O) groups excluding carboxylic acids is 1. The fourth-order valence-corrected chi connectivity index (χ4v) is 2.27. The Kier molecular flexibility index (Phi) is 4.80. The second kappa shape index (κ2) is 6.58. The van der Waals surface area contributed by atoms with Gasteiger partial charge in [-0.2, -0.15) is 0 Å². The van der Waals surface area contributed by atoms with Gasteiger partial charge in [-0.25, -0.2) is 9.97 Å². The van der Waals surface area contributed by atoms with Gasteiger partial charge >= 0.3 is 0 Å². The first kappa shape index (κ1) is 15.3. The molecule has 0 aliphatic carbocycles. The SMILES string of the molecule is COc1ccc(-c2nc(SC)ncc2C(C)=O)cc1OC. The molecule has 0 unspecified atom stereocenters. The summed E-state index contributed by atoms with van der Waals surface area (Å²) in [6.45, 7) is 1.50. The average molecular weight is 304 g/mol. The number of Topliss-reactive ketones (excluding diaryl/α,β-unsaturated/α-hetero) is 1. The Labute approximate surface area is 127 Å². The number of rotatable bonds is 5. The van der Waals surface area contributed by atoms with E-state index in [9.17, 15) is 4.79 Å². The number of thioether (sulfide) groups is 1.